The molecule has 0 saturated carbocycles. The van der Waals surface area contributed by atoms with E-state index in [4.69, 9.17) is 4.98 Å². The summed E-state index contributed by atoms with van der Waals surface area (Å²) in [6, 6.07) is 44.3. The lowest BCUT2D eigenvalue weighted by molar-refractivity contribution is 1.18. The van der Waals surface area contributed by atoms with E-state index in [1.165, 1.54) is 21.8 Å². The minimum Gasteiger partial charge on any atom is -0.339 e. The number of pyridine rings is 1. The fourth-order valence-corrected chi connectivity index (χ4v) is 5.49. The number of benzene rings is 5. The van der Waals surface area contributed by atoms with Crippen molar-refractivity contribution in [1.29, 1.82) is 5.26 Å². The highest BCUT2D eigenvalue weighted by Crippen LogP contribution is 2.35. The van der Waals surface area contributed by atoms with Crippen molar-refractivity contribution in [2.24, 2.45) is 0 Å². The van der Waals surface area contributed by atoms with E-state index in [9.17, 15) is 5.26 Å². The molecule has 4 heteroatoms. The highest BCUT2D eigenvalue weighted by molar-refractivity contribution is 6.10. The van der Waals surface area contributed by atoms with E-state index in [2.05, 4.69) is 94.8 Å². The van der Waals surface area contributed by atoms with Gasteiger partial charge in [-0.2, -0.15) is 5.26 Å². The van der Waals surface area contributed by atoms with Gasteiger partial charge in [0.15, 0.2) is 0 Å². The Morgan fingerprint density at radius 3 is 2.13 bits per heavy atom. The molecule has 0 unspecified atom stereocenters. The van der Waals surface area contributed by atoms with E-state index >= 15 is 0 Å². The van der Waals surface area contributed by atoms with Crippen molar-refractivity contribution in [2.75, 3.05) is 5.32 Å². The van der Waals surface area contributed by atoms with E-state index in [0.717, 1.165) is 39.0 Å². The summed E-state index contributed by atoms with van der Waals surface area (Å²) in [5.41, 5.74) is 9.08. The van der Waals surface area contributed by atoms with Gasteiger partial charge in [0.05, 0.1) is 22.1 Å². The molecule has 1 N–H and O–H groups in total. The zero-order valence-corrected chi connectivity index (χ0v) is 21.4. The molecule has 0 fully saturated rings. The summed E-state index contributed by atoms with van der Waals surface area (Å²) in [5.74, 6) is 0.580. The first-order chi connectivity index (χ1) is 19.2. The molecule has 0 aliphatic rings. The first-order valence-electron chi connectivity index (χ1n) is 13.0. The van der Waals surface area contributed by atoms with E-state index < -0.39 is 0 Å². The number of anilines is 2. The molecule has 0 saturated heterocycles. The largest absolute Gasteiger partial charge is 0.339 e. The second-order valence-corrected chi connectivity index (χ2v) is 9.71. The molecule has 0 bridgehead atoms. The van der Waals surface area contributed by atoms with Gasteiger partial charge in [-0.1, -0.05) is 72.8 Å². The second kappa shape index (κ2) is 9.16. The van der Waals surface area contributed by atoms with Crippen LogP contribution >= 0.6 is 0 Å². The average Bonchev–Trinajstić information content (AvgIpc) is 3.32. The normalized spacial score (nSPS) is 11.2. The van der Waals surface area contributed by atoms with Crippen LogP contribution in [-0.4, -0.2) is 9.55 Å². The zero-order valence-electron chi connectivity index (χ0n) is 21.4. The number of aryl methyl sites for hydroxylation is 1. The van der Waals surface area contributed by atoms with Crippen LogP contribution in [0.4, 0.5) is 11.5 Å². The third kappa shape index (κ3) is 3.80. The Hall–Kier alpha value is -5.40. The zero-order chi connectivity index (χ0) is 26.3. The highest BCUT2D eigenvalue weighted by atomic mass is 15.0. The summed E-state index contributed by atoms with van der Waals surface area (Å²) in [6.07, 6.45) is 0. The van der Waals surface area contributed by atoms with E-state index in [0.29, 0.717) is 11.4 Å². The SMILES string of the molecule is Cc1c(C#N)c(Nc2ccc(-c3ccc4c(c3)c3ccccc3n4-c3ccccc3)cc2)nc2ccccc12. The Kier molecular flexibility index (Phi) is 5.35. The molecule has 2 aromatic heterocycles. The molecule has 2 heterocycles. The lowest BCUT2D eigenvalue weighted by Crippen LogP contribution is -2.00. The number of nitrogens with zero attached hydrogens (tertiary/aromatic N) is 3. The predicted octanol–water partition coefficient (Wildman–Crippen LogP) is 8.92. The third-order valence-electron chi connectivity index (χ3n) is 7.43. The molecule has 0 spiro atoms. The van der Waals surface area contributed by atoms with E-state index in [-0.39, 0.29) is 0 Å². The number of para-hydroxylation sites is 3. The van der Waals surface area contributed by atoms with E-state index in [1.807, 2.05) is 49.4 Å². The maximum atomic E-state index is 9.83. The van der Waals surface area contributed by atoms with Crippen LogP contribution in [0.15, 0.2) is 121 Å². The van der Waals surface area contributed by atoms with Gasteiger partial charge in [-0.15, -0.1) is 0 Å². The first-order valence-corrected chi connectivity index (χ1v) is 13.0. The quantitative estimate of drug-likeness (QED) is 0.262. The standard InChI is InChI=1S/C35H24N4/c1-23-28-11-5-7-13-32(28)38-35(31(23)22-36)37-26-18-15-24(16-19-26)25-17-20-34-30(21-25)29-12-6-8-14-33(29)39(34)27-9-3-2-4-10-27/h2-21H,1H3,(H,37,38). The third-order valence-corrected chi connectivity index (χ3v) is 7.43. The number of nitriles is 1. The molecule has 7 rings (SSSR count). The van der Waals surface area contributed by atoms with Gasteiger partial charge in [-0.05, 0) is 72.1 Å². The smallest absolute Gasteiger partial charge is 0.149 e. The minimum atomic E-state index is 0.568. The fraction of sp³-hybridized carbons (Fsp3) is 0.0286. The summed E-state index contributed by atoms with van der Waals surface area (Å²) in [7, 11) is 0. The Morgan fingerprint density at radius 1 is 0.667 bits per heavy atom. The molecule has 0 radical (unpaired) electrons. The molecule has 0 aliphatic carbocycles. The van der Waals surface area contributed by atoms with Gasteiger partial charge in [-0.3, -0.25) is 0 Å². The average molecular weight is 501 g/mol. The Morgan fingerprint density at radius 2 is 1.33 bits per heavy atom. The summed E-state index contributed by atoms with van der Waals surface area (Å²) < 4.78 is 2.33. The molecule has 0 aliphatic heterocycles. The van der Waals surface area contributed by atoms with Crippen molar-refractivity contribution in [2.45, 2.75) is 6.92 Å². The van der Waals surface area contributed by atoms with Crippen LogP contribution in [-0.2, 0) is 0 Å². The topological polar surface area (TPSA) is 53.6 Å². The first kappa shape index (κ1) is 22.8. The summed E-state index contributed by atoms with van der Waals surface area (Å²) >= 11 is 0. The highest BCUT2D eigenvalue weighted by Gasteiger charge is 2.14. The lowest BCUT2D eigenvalue weighted by atomic mass is 10.0. The summed E-state index contributed by atoms with van der Waals surface area (Å²) in [6.45, 7) is 1.97. The lowest BCUT2D eigenvalue weighted by Gasteiger charge is -2.12. The fourth-order valence-electron chi connectivity index (χ4n) is 5.49. The van der Waals surface area contributed by atoms with Crippen molar-refractivity contribution in [3.8, 4) is 22.9 Å². The second-order valence-electron chi connectivity index (χ2n) is 9.71. The van der Waals surface area contributed by atoms with Gasteiger partial charge < -0.3 is 9.88 Å². The maximum absolute atomic E-state index is 9.83. The Balaban J connectivity index is 1.27. The summed E-state index contributed by atoms with van der Waals surface area (Å²) in [5, 5.41) is 16.7. The van der Waals surface area contributed by atoms with Crippen LogP contribution < -0.4 is 5.32 Å². The summed E-state index contributed by atoms with van der Waals surface area (Å²) in [4.78, 5) is 4.74. The van der Waals surface area contributed by atoms with Crippen LogP contribution in [0, 0.1) is 18.3 Å². The van der Waals surface area contributed by atoms with Crippen molar-refractivity contribution in [1.82, 2.24) is 9.55 Å². The number of hydrogen-bond donors (Lipinski definition) is 1. The number of aromatic nitrogens is 2. The van der Waals surface area contributed by atoms with Crippen LogP contribution in [0.25, 0.3) is 49.5 Å². The van der Waals surface area contributed by atoms with Gasteiger partial charge >= 0.3 is 0 Å². The predicted molar refractivity (Wildman–Crippen MR) is 161 cm³/mol. The van der Waals surface area contributed by atoms with Gasteiger partial charge in [-0.25, -0.2) is 4.98 Å². The number of fused-ring (bicyclic) bond motifs is 4. The molecular weight excluding hydrogens is 476 g/mol. The van der Waals surface area contributed by atoms with Gasteiger partial charge in [0.25, 0.3) is 0 Å². The molecule has 184 valence electrons. The molecule has 5 aromatic carbocycles. The molecule has 4 nitrogen and oxygen atoms in total. The van der Waals surface area contributed by atoms with Crippen LogP contribution in [0.3, 0.4) is 0 Å². The van der Waals surface area contributed by atoms with Crippen LogP contribution in [0.1, 0.15) is 11.1 Å². The van der Waals surface area contributed by atoms with Crippen molar-refractivity contribution >= 4 is 44.2 Å². The molecule has 7 aromatic rings. The molecule has 0 amide bonds. The Labute approximate surface area is 226 Å². The molecule has 0 atom stereocenters. The molecule has 39 heavy (non-hydrogen) atoms. The maximum Gasteiger partial charge on any atom is 0.149 e. The number of rotatable bonds is 4. The molecular formula is C35H24N4. The van der Waals surface area contributed by atoms with Crippen molar-refractivity contribution < 1.29 is 0 Å². The van der Waals surface area contributed by atoms with Crippen LogP contribution in [0.5, 0.6) is 0 Å². The van der Waals surface area contributed by atoms with E-state index in [1.54, 1.807) is 0 Å². The monoisotopic (exact) mass is 500 g/mol. The minimum absolute atomic E-state index is 0.568. The number of nitrogens with one attached hydrogen (secondary N) is 1. The van der Waals surface area contributed by atoms with Gasteiger partial charge in [0.1, 0.15) is 11.9 Å². The van der Waals surface area contributed by atoms with Crippen LogP contribution in [0.2, 0.25) is 0 Å². The van der Waals surface area contributed by atoms with Crippen molar-refractivity contribution in [3.63, 3.8) is 0 Å². The van der Waals surface area contributed by atoms with Crippen molar-refractivity contribution in [3.05, 3.63) is 132 Å². The van der Waals surface area contributed by atoms with Gasteiger partial charge in [0.2, 0.25) is 0 Å². The number of hydrogen-bond acceptors (Lipinski definition) is 3. The van der Waals surface area contributed by atoms with Gasteiger partial charge in [0, 0.05) is 27.5 Å². The Bertz CT molecular complexity index is 2050.